The fourth-order valence-corrected chi connectivity index (χ4v) is 6.62. The summed E-state index contributed by atoms with van der Waals surface area (Å²) in [7, 11) is -2.17. The first-order valence-corrected chi connectivity index (χ1v) is 14.1. The molecule has 4 atom stereocenters. The van der Waals surface area contributed by atoms with Gasteiger partial charge in [0.1, 0.15) is 18.4 Å². The zero-order valence-electron chi connectivity index (χ0n) is 21.9. The van der Waals surface area contributed by atoms with Gasteiger partial charge in [-0.1, -0.05) is 27.7 Å². The number of nitrogens with one attached hydrogen (secondary N) is 3. The number of imide groups is 1. The summed E-state index contributed by atoms with van der Waals surface area (Å²) in [5.41, 5.74) is 0. The van der Waals surface area contributed by atoms with Crippen molar-refractivity contribution in [3.8, 4) is 0 Å². The Kier molecular flexibility index (Phi) is 12.1. The Morgan fingerprint density at radius 2 is 1.69 bits per heavy atom. The number of amides is 5. The highest BCUT2D eigenvalue weighted by Gasteiger charge is 2.44. The van der Waals surface area contributed by atoms with E-state index in [0.717, 1.165) is 4.90 Å². The first-order chi connectivity index (χ1) is 16.2. The van der Waals surface area contributed by atoms with Crippen LogP contribution in [0.4, 0.5) is 0 Å². The van der Waals surface area contributed by atoms with Crippen molar-refractivity contribution in [2.45, 2.75) is 72.9 Å². The van der Waals surface area contributed by atoms with Crippen LogP contribution in [-0.4, -0.2) is 72.6 Å². The third-order valence-electron chi connectivity index (χ3n) is 5.55. The molecule has 12 heteroatoms. The van der Waals surface area contributed by atoms with Crippen LogP contribution in [0.15, 0.2) is 0 Å². The highest BCUT2D eigenvalue weighted by molar-refractivity contribution is 7.59. The lowest BCUT2D eigenvalue weighted by Gasteiger charge is -2.28. The molecule has 35 heavy (non-hydrogen) atoms. The van der Waals surface area contributed by atoms with E-state index >= 15 is 0 Å². The predicted molar refractivity (Wildman–Crippen MR) is 131 cm³/mol. The smallest absolute Gasteiger partial charge is 0.252 e. The minimum atomic E-state index is -3.66. The molecule has 5 amide bonds. The van der Waals surface area contributed by atoms with Gasteiger partial charge in [0, 0.05) is 26.1 Å². The highest BCUT2D eigenvalue weighted by atomic mass is 31.2. The first kappa shape index (κ1) is 30.8. The van der Waals surface area contributed by atoms with Crippen molar-refractivity contribution in [3.05, 3.63) is 0 Å². The maximum Gasteiger partial charge on any atom is 0.252 e. The molecule has 1 fully saturated rings. The van der Waals surface area contributed by atoms with Gasteiger partial charge in [0.25, 0.3) is 5.91 Å². The molecule has 0 aromatic carbocycles. The summed E-state index contributed by atoms with van der Waals surface area (Å²) in [6.45, 7) is 10.7. The van der Waals surface area contributed by atoms with Crippen LogP contribution in [0.2, 0.25) is 0 Å². The average molecular weight is 517 g/mol. The normalized spacial score (nSPS) is 19.5. The molecular weight excluding hydrogens is 475 g/mol. The summed E-state index contributed by atoms with van der Waals surface area (Å²) in [6.07, 6.45) is -0.0641. The molecule has 200 valence electrons. The van der Waals surface area contributed by atoms with Gasteiger partial charge in [-0.3, -0.25) is 33.4 Å². The van der Waals surface area contributed by atoms with Gasteiger partial charge in [-0.25, -0.2) is 0 Å². The van der Waals surface area contributed by atoms with E-state index in [4.69, 9.17) is 4.52 Å². The lowest BCUT2D eigenvalue weighted by Crippen LogP contribution is -2.49. The Morgan fingerprint density at radius 3 is 2.17 bits per heavy atom. The number of rotatable bonds is 14. The largest absolute Gasteiger partial charge is 0.357 e. The molecule has 0 saturated carbocycles. The van der Waals surface area contributed by atoms with Crippen LogP contribution < -0.4 is 16.0 Å². The molecule has 0 spiro atoms. The zero-order chi connectivity index (χ0) is 26.9. The maximum atomic E-state index is 13.8. The number of nitrogens with zero attached hydrogens (tertiary/aromatic N) is 1. The van der Waals surface area contributed by atoms with Crippen molar-refractivity contribution in [3.63, 3.8) is 0 Å². The number of hydrogen-bond donors (Lipinski definition) is 3. The Labute approximate surface area is 207 Å². The van der Waals surface area contributed by atoms with Gasteiger partial charge in [-0.05, 0) is 31.6 Å². The van der Waals surface area contributed by atoms with Gasteiger partial charge in [-0.15, -0.1) is 0 Å². The molecular formula is C23H41N4O7P. The monoisotopic (exact) mass is 516 g/mol. The number of hydrogen-bond acceptors (Lipinski definition) is 7. The molecule has 3 N–H and O–H groups in total. The van der Waals surface area contributed by atoms with E-state index in [9.17, 15) is 28.5 Å². The van der Waals surface area contributed by atoms with Gasteiger partial charge in [-0.2, -0.15) is 0 Å². The van der Waals surface area contributed by atoms with E-state index < -0.39 is 55.3 Å². The molecule has 1 rings (SSSR count). The second-order valence-electron chi connectivity index (χ2n) is 9.80. The fraction of sp³-hybridized carbons (Fsp3) is 0.783. The van der Waals surface area contributed by atoms with E-state index in [1.807, 2.05) is 27.7 Å². The van der Waals surface area contributed by atoms with Crippen molar-refractivity contribution in [1.29, 1.82) is 0 Å². The number of likely N-dealkylation sites (tertiary alicyclic amines) is 1. The molecule has 2 unspecified atom stereocenters. The third-order valence-corrected chi connectivity index (χ3v) is 7.99. The molecule has 1 heterocycles. The average Bonchev–Trinajstić information content (AvgIpc) is 2.98. The Balaban J connectivity index is 3.13. The summed E-state index contributed by atoms with van der Waals surface area (Å²) in [4.78, 5) is 62.9. The fourth-order valence-electron chi connectivity index (χ4n) is 4.13. The molecule has 0 aromatic heterocycles. The van der Waals surface area contributed by atoms with E-state index in [2.05, 4.69) is 16.0 Å². The predicted octanol–water partition coefficient (Wildman–Crippen LogP) is 1.46. The Hall–Kier alpha value is -2.26. The summed E-state index contributed by atoms with van der Waals surface area (Å²) in [5.74, 6) is -2.94. The molecule has 0 aromatic rings. The van der Waals surface area contributed by atoms with Gasteiger partial charge >= 0.3 is 0 Å². The summed E-state index contributed by atoms with van der Waals surface area (Å²) < 4.78 is 19.4. The van der Waals surface area contributed by atoms with Crippen molar-refractivity contribution in [2.24, 2.45) is 17.8 Å². The molecule has 11 nitrogen and oxygen atoms in total. The first-order valence-electron chi connectivity index (χ1n) is 12.1. The third kappa shape index (κ3) is 9.72. The molecule has 0 radical (unpaired) electrons. The summed E-state index contributed by atoms with van der Waals surface area (Å²) in [5, 5.41) is 7.77. The van der Waals surface area contributed by atoms with Crippen LogP contribution in [0.25, 0.3) is 0 Å². The van der Waals surface area contributed by atoms with Crippen molar-refractivity contribution in [1.82, 2.24) is 20.9 Å². The van der Waals surface area contributed by atoms with E-state index in [1.54, 1.807) is 6.92 Å². The number of likely N-dealkylation sites (N-methyl/N-ethyl adjacent to an activating group) is 1. The minimum Gasteiger partial charge on any atom is -0.357 e. The molecule has 1 aliphatic heterocycles. The number of carbonyl (C=O) groups excluding carboxylic acids is 5. The van der Waals surface area contributed by atoms with E-state index in [1.165, 1.54) is 14.0 Å². The van der Waals surface area contributed by atoms with Crippen molar-refractivity contribution >= 4 is 36.9 Å². The topological polar surface area (TPSA) is 151 Å². The number of carbonyl (C=O) groups is 5. The van der Waals surface area contributed by atoms with Gasteiger partial charge in [0.05, 0.1) is 13.0 Å². The molecule has 0 bridgehead atoms. The van der Waals surface area contributed by atoms with Gasteiger partial charge in [0.15, 0.2) is 0 Å². The van der Waals surface area contributed by atoms with Gasteiger partial charge in [0.2, 0.25) is 31.0 Å². The second kappa shape index (κ2) is 13.7. The molecule has 0 aliphatic carbocycles. The van der Waals surface area contributed by atoms with Crippen LogP contribution in [0.1, 0.15) is 60.8 Å². The van der Waals surface area contributed by atoms with Crippen LogP contribution in [-0.2, 0) is 33.1 Å². The lowest BCUT2D eigenvalue weighted by atomic mass is 9.96. The van der Waals surface area contributed by atoms with Crippen LogP contribution in [0, 0.1) is 17.8 Å². The van der Waals surface area contributed by atoms with Crippen molar-refractivity contribution < 1.29 is 33.1 Å². The zero-order valence-corrected chi connectivity index (χ0v) is 22.8. The van der Waals surface area contributed by atoms with Crippen LogP contribution in [0.5, 0.6) is 0 Å². The quantitative estimate of drug-likeness (QED) is 0.234. The van der Waals surface area contributed by atoms with E-state index in [-0.39, 0.29) is 36.9 Å². The Morgan fingerprint density at radius 1 is 1.09 bits per heavy atom. The molecule has 1 aliphatic rings. The van der Waals surface area contributed by atoms with Crippen molar-refractivity contribution in [2.75, 3.05) is 26.1 Å². The van der Waals surface area contributed by atoms with Gasteiger partial charge < -0.3 is 20.5 Å². The molecule has 1 saturated heterocycles. The summed E-state index contributed by atoms with van der Waals surface area (Å²) >= 11 is 0. The standard InChI is InChI=1S/C23H41N4O7P/c1-8-34-35(33,13-27-20(29)11-19(23(27)32)25-16(6)28)12-17(9-14(2)3)21(30)26-18(10-15(4)5)22(31)24-7/h14-15,17-19H,8-13H2,1-7H3,(H,24,31)(H,25,28)(H,26,30)/t17?,18-,19-,35?/m0/s1. The summed E-state index contributed by atoms with van der Waals surface area (Å²) in [6, 6.07) is -1.75. The highest BCUT2D eigenvalue weighted by Crippen LogP contribution is 2.50. The van der Waals surface area contributed by atoms with Crippen LogP contribution >= 0.6 is 7.37 Å². The Bertz CT molecular complexity index is 846. The van der Waals surface area contributed by atoms with Crippen LogP contribution in [0.3, 0.4) is 0 Å². The second-order valence-corrected chi connectivity index (χ2v) is 12.3. The maximum absolute atomic E-state index is 13.8. The minimum absolute atomic E-state index is 0.0624. The SMILES string of the molecule is CCOP(=O)(CC(CC(C)C)C(=O)N[C@@H](CC(C)C)C(=O)NC)CN1C(=O)C[C@H](NC(C)=O)C1=O. The lowest BCUT2D eigenvalue weighted by molar-refractivity contribution is -0.138. The van der Waals surface area contributed by atoms with E-state index in [0.29, 0.717) is 12.8 Å².